The normalized spacial score (nSPS) is 19.3. The number of hydrogen-bond donors (Lipinski definition) is 1. The first kappa shape index (κ1) is 16.5. The Kier molecular flexibility index (Phi) is 4.58. The van der Waals surface area contributed by atoms with E-state index in [1.807, 2.05) is 11.6 Å². The van der Waals surface area contributed by atoms with Gasteiger partial charge in [-0.05, 0) is 40.0 Å². The van der Waals surface area contributed by atoms with Crippen LogP contribution in [0.25, 0.3) is 0 Å². The fourth-order valence-corrected chi connectivity index (χ4v) is 3.00. The van der Waals surface area contributed by atoms with Gasteiger partial charge in [-0.2, -0.15) is 5.10 Å². The maximum Gasteiger partial charge on any atom is 0.308 e. The molecule has 1 aliphatic rings. The highest BCUT2D eigenvalue weighted by molar-refractivity contribution is 5.95. The molecule has 2 heterocycles. The average molecular weight is 307 g/mol. The summed E-state index contributed by atoms with van der Waals surface area (Å²) in [6, 6.07) is 0. The zero-order valence-electron chi connectivity index (χ0n) is 13.8. The molecule has 1 amide bonds. The molecule has 1 saturated heterocycles. The van der Waals surface area contributed by atoms with E-state index in [0.717, 1.165) is 12.1 Å². The molecule has 0 radical (unpaired) electrons. The lowest BCUT2D eigenvalue weighted by atomic mass is 9.97. The predicted octanol–water partition coefficient (Wildman–Crippen LogP) is 2.14. The first-order valence-electron chi connectivity index (χ1n) is 7.85. The van der Waals surface area contributed by atoms with Gasteiger partial charge in [0.15, 0.2) is 0 Å². The lowest BCUT2D eigenvalue weighted by Gasteiger charge is -2.31. The number of aliphatic carboxylic acids is 1. The van der Waals surface area contributed by atoms with Crippen LogP contribution in [0.5, 0.6) is 0 Å². The molecular formula is C16H25N3O3. The molecule has 2 rings (SSSR count). The summed E-state index contributed by atoms with van der Waals surface area (Å²) in [6.45, 7) is 9.06. The number of hydrogen-bond acceptors (Lipinski definition) is 3. The molecule has 122 valence electrons. The number of carbonyl (C=O) groups is 2. The van der Waals surface area contributed by atoms with Gasteiger partial charge >= 0.3 is 5.97 Å². The van der Waals surface area contributed by atoms with Crippen molar-refractivity contribution < 1.29 is 14.7 Å². The highest BCUT2D eigenvalue weighted by Gasteiger charge is 2.31. The molecule has 1 fully saturated rings. The molecule has 0 unspecified atom stereocenters. The summed E-state index contributed by atoms with van der Waals surface area (Å²) in [7, 11) is 0. The number of nitrogens with zero attached hydrogens (tertiary/aromatic N) is 3. The largest absolute Gasteiger partial charge is 0.481 e. The zero-order valence-corrected chi connectivity index (χ0v) is 13.8. The number of carboxylic acid groups (broad SMARTS) is 1. The van der Waals surface area contributed by atoms with Crippen molar-refractivity contribution in [3.8, 4) is 0 Å². The van der Waals surface area contributed by atoms with Gasteiger partial charge in [0.05, 0.1) is 28.9 Å². The van der Waals surface area contributed by atoms with E-state index in [0.29, 0.717) is 24.9 Å². The Balaban J connectivity index is 2.26. The standard InChI is InChI=1S/C16H25N3O3/c1-5-13-12(9-17-19(13)16(2,3)4)14(20)18-8-6-7-11(10-18)15(21)22/h9,11H,5-8,10H2,1-4H3,(H,21,22)/t11-/m0/s1. The van der Waals surface area contributed by atoms with Crippen LogP contribution in [0.2, 0.25) is 0 Å². The number of rotatable bonds is 3. The second-order valence-corrected chi connectivity index (χ2v) is 6.87. The monoisotopic (exact) mass is 307 g/mol. The SMILES string of the molecule is CCc1c(C(=O)N2CCC[C@H](C(=O)O)C2)cnn1C(C)(C)C. The Labute approximate surface area is 131 Å². The fraction of sp³-hybridized carbons (Fsp3) is 0.688. The van der Waals surface area contributed by atoms with Crippen molar-refractivity contribution in [3.05, 3.63) is 17.5 Å². The first-order valence-corrected chi connectivity index (χ1v) is 7.85. The summed E-state index contributed by atoms with van der Waals surface area (Å²) in [4.78, 5) is 25.6. The van der Waals surface area contributed by atoms with E-state index in [4.69, 9.17) is 5.11 Å². The Morgan fingerprint density at radius 3 is 2.64 bits per heavy atom. The Bertz CT molecular complexity index is 572. The Hall–Kier alpha value is -1.85. The van der Waals surface area contributed by atoms with Gasteiger partial charge in [-0.15, -0.1) is 0 Å². The van der Waals surface area contributed by atoms with Crippen molar-refractivity contribution in [1.82, 2.24) is 14.7 Å². The van der Waals surface area contributed by atoms with E-state index in [1.165, 1.54) is 0 Å². The molecular weight excluding hydrogens is 282 g/mol. The van der Waals surface area contributed by atoms with Gasteiger partial charge in [-0.25, -0.2) is 0 Å². The van der Waals surface area contributed by atoms with E-state index >= 15 is 0 Å². The summed E-state index contributed by atoms with van der Waals surface area (Å²) in [5.41, 5.74) is 1.33. The minimum atomic E-state index is -0.821. The molecule has 0 spiro atoms. The molecule has 6 nitrogen and oxygen atoms in total. The van der Waals surface area contributed by atoms with Crippen molar-refractivity contribution in [2.24, 2.45) is 5.92 Å². The summed E-state index contributed by atoms with van der Waals surface area (Å²) < 4.78 is 1.89. The van der Waals surface area contributed by atoms with Gasteiger partial charge in [0.2, 0.25) is 0 Å². The van der Waals surface area contributed by atoms with Crippen molar-refractivity contribution in [1.29, 1.82) is 0 Å². The second-order valence-electron chi connectivity index (χ2n) is 6.87. The quantitative estimate of drug-likeness (QED) is 0.928. The van der Waals surface area contributed by atoms with E-state index < -0.39 is 11.9 Å². The van der Waals surface area contributed by atoms with E-state index in [9.17, 15) is 9.59 Å². The van der Waals surface area contributed by atoms with Crippen LogP contribution in [-0.2, 0) is 16.8 Å². The molecule has 0 bridgehead atoms. The molecule has 1 aliphatic heterocycles. The van der Waals surface area contributed by atoms with Crippen LogP contribution in [0.15, 0.2) is 6.20 Å². The molecule has 6 heteroatoms. The van der Waals surface area contributed by atoms with Crippen molar-refractivity contribution >= 4 is 11.9 Å². The average Bonchev–Trinajstić information content (AvgIpc) is 2.90. The van der Waals surface area contributed by atoms with Crippen molar-refractivity contribution in [2.75, 3.05) is 13.1 Å². The number of amides is 1. The minimum Gasteiger partial charge on any atom is -0.481 e. The lowest BCUT2D eigenvalue weighted by molar-refractivity contribution is -0.143. The summed E-state index contributed by atoms with van der Waals surface area (Å²) >= 11 is 0. The topological polar surface area (TPSA) is 75.4 Å². The number of carbonyl (C=O) groups excluding carboxylic acids is 1. The van der Waals surface area contributed by atoms with E-state index in [1.54, 1.807) is 11.1 Å². The van der Waals surface area contributed by atoms with Crippen molar-refractivity contribution in [3.63, 3.8) is 0 Å². The second kappa shape index (κ2) is 6.10. The Morgan fingerprint density at radius 1 is 1.41 bits per heavy atom. The van der Waals surface area contributed by atoms with Crippen LogP contribution < -0.4 is 0 Å². The third-order valence-electron chi connectivity index (χ3n) is 4.13. The highest BCUT2D eigenvalue weighted by Crippen LogP contribution is 2.23. The third kappa shape index (κ3) is 3.15. The van der Waals surface area contributed by atoms with Gasteiger partial charge in [0.1, 0.15) is 0 Å². The smallest absolute Gasteiger partial charge is 0.308 e. The Morgan fingerprint density at radius 2 is 2.09 bits per heavy atom. The molecule has 1 N–H and O–H groups in total. The minimum absolute atomic E-state index is 0.0988. The molecule has 0 saturated carbocycles. The molecule has 0 aromatic carbocycles. The molecule has 22 heavy (non-hydrogen) atoms. The lowest BCUT2D eigenvalue weighted by Crippen LogP contribution is -2.42. The van der Waals surface area contributed by atoms with Gasteiger partial charge in [0.25, 0.3) is 5.91 Å². The molecule has 1 atom stereocenters. The van der Waals surface area contributed by atoms with Gasteiger partial charge < -0.3 is 10.0 Å². The zero-order chi connectivity index (χ0) is 16.5. The number of carboxylic acids is 1. The van der Waals surface area contributed by atoms with Crippen LogP contribution in [0, 0.1) is 5.92 Å². The van der Waals surface area contributed by atoms with Crippen LogP contribution in [0.3, 0.4) is 0 Å². The summed E-state index contributed by atoms with van der Waals surface area (Å²) in [6.07, 6.45) is 3.71. The van der Waals surface area contributed by atoms with Crippen LogP contribution in [-0.4, -0.2) is 44.8 Å². The van der Waals surface area contributed by atoms with Crippen LogP contribution in [0.4, 0.5) is 0 Å². The predicted molar refractivity (Wildman–Crippen MR) is 82.9 cm³/mol. The van der Waals surface area contributed by atoms with Gasteiger partial charge in [-0.3, -0.25) is 14.3 Å². The van der Waals surface area contributed by atoms with E-state index in [-0.39, 0.29) is 18.0 Å². The highest BCUT2D eigenvalue weighted by atomic mass is 16.4. The molecule has 1 aromatic rings. The number of aromatic nitrogens is 2. The maximum absolute atomic E-state index is 12.8. The summed E-state index contributed by atoms with van der Waals surface area (Å²) in [5, 5.41) is 13.5. The molecule has 1 aromatic heterocycles. The van der Waals surface area contributed by atoms with Crippen LogP contribution >= 0.6 is 0 Å². The summed E-state index contributed by atoms with van der Waals surface area (Å²) in [5.74, 6) is -1.38. The first-order chi connectivity index (χ1) is 10.3. The van der Waals surface area contributed by atoms with Gasteiger partial charge in [0, 0.05) is 13.1 Å². The number of likely N-dealkylation sites (tertiary alicyclic amines) is 1. The van der Waals surface area contributed by atoms with Crippen LogP contribution in [0.1, 0.15) is 56.6 Å². The maximum atomic E-state index is 12.8. The number of piperidine rings is 1. The fourth-order valence-electron chi connectivity index (χ4n) is 3.00. The van der Waals surface area contributed by atoms with E-state index in [2.05, 4.69) is 25.9 Å². The molecule has 0 aliphatic carbocycles. The third-order valence-corrected chi connectivity index (χ3v) is 4.13. The van der Waals surface area contributed by atoms with Crippen molar-refractivity contribution in [2.45, 2.75) is 52.5 Å². The van der Waals surface area contributed by atoms with Gasteiger partial charge in [-0.1, -0.05) is 6.92 Å².